The minimum Gasteiger partial charge on any atom is -0.444 e. The number of esters is 1. The molecule has 25 heavy (non-hydrogen) atoms. The third-order valence-electron chi connectivity index (χ3n) is 3.97. The molecule has 2 aromatic carbocycles. The number of ether oxygens (including phenoxy) is 2. The van der Waals surface area contributed by atoms with Gasteiger partial charge in [0.25, 0.3) is 5.91 Å². The summed E-state index contributed by atoms with van der Waals surface area (Å²) in [5, 5.41) is 0. The van der Waals surface area contributed by atoms with E-state index in [9.17, 15) is 14.0 Å². The maximum absolute atomic E-state index is 13.8. The summed E-state index contributed by atoms with van der Waals surface area (Å²) in [6, 6.07) is 14.3. The number of nitrogens with zero attached hydrogens (tertiary/aromatic N) is 1. The van der Waals surface area contributed by atoms with E-state index < -0.39 is 17.9 Å². The van der Waals surface area contributed by atoms with Crippen LogP contribution in [0.25, 0.3) is 0 Å². The Bertz CT molecular complexity index is 744. The summed E-state index contributed by atoms with van der Waals surface area (Å²) in [6.45, 7) is 1.74. The van der Waals surface area contributed by atoms with Crippen molar-refractivity contribution in [1.82, 2.24) is 4.90 Å². The first-order valence-electron chi connectivity index (χ1n) is 8.04. The first-order valence-corrected chi connectivity index (χ1v) is 8.04. The van der Waals surface area contributed by atoms with Gasteiger partial charge >= 0.3 is 5.97 Å². The number of amides is 1. The molecule has 0 aromatic heterocycles. The molecule has 0 spiro atoms. The number of carbonyl (C=O) groups excluding carboxylic acids is 2. The molecule has 1 aliphatic heterocycles. The number of halogens is 1. The lowest BCUT2D eigenvalue weighted by Gasteiger charge is -2.30. The van der Waals surface area contributed by atoms with Crippen LogP contribution in [0.2, 0.25) is 0 Å². The molecular formula is C19H18FNO4. The topological polar surface area (TPSA) is 55.8 Å². The minimum atomic E-state index is -1.12. The Morgan fingerprint density at radius 2 is 1.64 bits per heavy atom. The van der Waals surface area contributed by atoms with Gasteiger partial charge in [0.05, 0.1) is 18.8 Å². The van der Waals surface area contributed by atoms with Gasteiger partial charge in [-0.1, -0.05) is 42.5 Å². The number of rotatable bonds is 4. The lowest BCUT2D eigenvalue weighted by molar-refractivity contribution is -0.145. The normalized spacial score (nSPS) is 15.5. The van der Waals surface area contributed by atoms with Gasteiger partial charge in [-0.15, -0.1) is 0 Å². The standard InChI is InChI=1S/C19H18FNO4/c20-16-9-5-4-8-15(16)19(23)25-17(14-6-2-1-3-7-14)18(22)21-10-12-24-13-11-21/h1-9,17H,10-13H2/t17-/m1/s1. The minimum absolute atomic E-state index is 0.196. The molecule has 2 aromatic rings. The van der Waals surface area contributed by atoms with Crippen molar-refractivity contribution >= 4 is 11.9 Å². The molecule has 1 fully saturated rings. The Morgan fingerprint density at radius 3 is 2.32 bits per heavy atom. The Morgan fingerprint density at radius 1 is 1.00 bits per heavy atom. The van der Waals surface area contributed by atoms with E-state index in [0.717, 1.165) is 0 Å². The van der Waals surface area contributed by atoms with Crippen LogP contribution < -0.4 is 0 Å². The van der Waals surface area contributed by atoms with Crippen LogP contribution in [0.15, 0.2) is 54.6 Å². The van der Waals surface area contributed by atoms with E-state index in [2.05, 4.69) is 0 Å². The van der Waals surface area contributed by atoms with Crippen molar-refractivity contribution in [2.45, 2.75) is 6.10 Å². The van der Waals surface area contributed by atoms with Gasteiger partial charge in [-0.25, -0.2) is 9.18 Å². The highest BCUT2D eigenvalue weighted by Crippen LogP contribution is 2.23. The van der Waals surface area contributed by atoms with Gasteiger partial charge in [0.15, 0.2) is 0 Å². The predicted molar refractivity (Wildman–Crippen MR) is 88.4 cm³/mol. The van der Waals surface area contributed by atoms with Crippen molar-refractivity contribution in [2.75, 3.05) is 26.3 Å². The Labute approximate surface area is 145 Å². The SMILES string of the molecule is O=C(O[C@@H](C(=O)N1CCOCC1)c1ccccc1)c1ccccc1F. The highest BCUT2D eigenvalue weighted by Gasteiger charge is 2.31. The molecule has 1 heterocycles. The van der Waals surface area contributed by atoms with E-state index in [0.29, 0.717) is 31.9 Å². The number of morpholine rings is 1. The van der Waals surface area contributed by atoms with Crippen LogP contribution in [0, 0.1) is 5.82 Å². The summed E-state index contributed by atoms with van der Waals surface area (Å²) < 4.78 is 24.5. The summed E-state index contributed by atoms with van der Waals surface area (Å²) in [6.07, 6.45) is -1.12. The van der Waals surface area contributed by atoms with Crippen LogP contribution in [0.1, 0.15) is 22.0 Å². The van der Waals surface area contributed by atoms with E-state index in [1.165, 1.54) is 18.2 Å². The molecule has 0 N–H and O–H groups in total. The van der Waals surface area contributed by atoms with Crippen LogP contribution >= 0.6 is 0 Å². The molecule has 0 saturated carbocycles. The molecule has 5 nitrogen and oxygen atoms in total. The number of carbonyl (C=O) groups is 2. The molecule has 0 bridgehead atoms. The van der Waals surface area contributed by atoms with Crippen molar-refractivity contribution in [1.29, 1.82) is 0 Å². The summed E-state index contributed by atoms with van der Waals surface area (Å²) in [4.78, 5) is 26.8. The van der Waals surface area contributed by atoms with Gasteiger partial charge in [-0.2, -0.15) is 0 Å². The molecule has 1 saturated heterocycles. The second kappa shape index (κ2) is 7.90. The predicted octanol–water partition coefficient (Wildman–Crippen LogP) is 2.58. The largest absolute Gasteiger partial charge is 0.444 e. The molecule has 3 rings (SSSR count). The average molecular weight is 343 g/mol. The first kappa shape index (κ1) is 17.1. The smallest absolute Gasteiger partial charge is 0.342 e. The zero-order valence-electron chi connectivity index (χ0n) is 13.6. The van der Waals surface area contributed by atoms with Gasteiger partial charge in [0.2, 0.25) is 6.10 Å². The van der Waals surface area contributed by atoms with Crippen LogP contribution in [0.4, 0.5) is 4.39 Å². The van der Waals surface area contributed by atoms with Crippen molar-refractivity contribution in [2.24, 2.45) is 0 Å². The lowest BCUT2D eigenvalue weighted by Crippen LogP contribution is -2.44. The molecule has 0 radical (unpaired) electrons. The summed E-state index contributed by atoms with van der Waals surface area (Å²) in [7, 11) is 0. The molecule has 0 unspecified atom stereocenters. The van der Waals surface area contributed by atoms with Crippen molar-refractivity contribution < 1.29 is 23.5 Å². The Balaban J connectivity index is 1.85. The van der Waals surface area contributed by atoms with Crippen LogP contribution in [0.5, 0.6) is 0 Å². The second-order valence-corrected chi connectivity index (χ2v) is 5.61. The summed E-state index contributed by atoms with van der Waals surface area (Å²) >= 11 is 0. The quantitative estimate of drug-likeness (QED) is 0.801. The Kier molecular flexibility index (Phi) is 5.40. The average Bonchev–Trinajstić information content (AvgIpc) is 2.67. The fourth-order valence-electron chi connectivity index (χ4n) is 2.64. The number of hydrogen-bond donors (Lipinski definition) is 0. The van der Waals surface area contributed by atoms with Crippen LogP contribution in [-0.2, 0) is 14.3 Å². The van der Waals surface area contributed by atoms with Gasteiger partial charge in [0.1, 0.15) is 5.82 Å². The van der Waals surface area contributed by atoms with Gasteiger partial charge < -0.3 is 14.4 Å². The van der Waals surface area contributed by atoms with E-state index >= 15 is 0 Å². The van der Waals surface area contributed by atoms with Crippen LogP contribution in [0.3, 0.4) is 0 Å². The molecule has 1 atom stereocenters. The van der Waals surface area contributed by atoms with E-state index in [1.54, 1.807) is 41.3 Å². The molecule has 0 aliphatic carbocycles. The fraction of sp³-hybridized carbons (Fsp3) is 0.263. The molecule has 1 amide bonds. The van der Waals surface area contributed by atoms with E-state index in [-0.39, 0.29) is 11.5 Å². The zero-order valence-corrected chi connectivity index (χ0v) is 13.6. The van der Waals surface area contributed by atoms with Gasteiger partial charge in [-0.3, -0.25) is 4.79 Å². The highest BCUT2D eigenvalue weighted by atomic mass is 19.1. The highest BCUT2D eigenvalue weighted by molar-refractivity contribution is 5.93. The molecule has 6 heteroatoms. The zero-order chi connectivity index (χ0) is 17.6. The van der Waals surface area contributed by atoms with E-state index in [4.69, 9.17) is 9.47 Å². The first-order chi connectivity index (χ1) is 12.2. The molecule has 130 valence electrons. The monoisotopic (exact) mass is 343 g/mol. The number of benzene rings is 2. The van der Waals surface area contributed by atoms with Gasteiger partial charge in [0, 0.05) is 18.7 Å². The van der Waals surface area contributed by atoms with Crippen molar-refractivity contribution in [3.8, 4) is 0 Å². The molecular weight excluding hydrogens is 325 g/mol. The molecule has 1 aliphatic rings. The third-order valence-corrected chi connectivity index (χ3v) is 3.97. The van der Waals surface area contributed by atoms with Crippen molar-refractivity contribution in [3.05, 3.63) is 71.5 Å². The summed E-state index contributed by atoms with van der Waals surface area (Å²) in [5.41, 5.74) is 0.349. The summed E-state index contributed by atoms with van der Waals surface area (Å²) in [5.74, 6) is -1.88. The second-order valence-electron chi connectivity index (χ2n) is 5.61. The fourth-order valence-corrected chi connectivity index (χ4v) is 2.64. The van der Waals surface area contributed by atoms with Gasteiger partial charge in [-0.05, 0) is 12.1 Å². The maximum atomic E-state index is 13.8. The number of hydrogen-bond acceptors (Lipinski definition) is 4. The lowest BCUT2D eigenvalue weighted by atomic mass is 10.1. The Hall–Kier alpha value is -2.73. The van der Waals surface area contributed by atoms with Crippen molar-refractivity contribution in [3.63, 3.8) is 0 Å². The maximum Gasteiger partial charge on any atom is 0.342 e. The van der Waals surface area contributed by atoms with E-state index in [1.807, 2.05) is 0 Å². The van der Waals surface area contributed by atoms with Crippen LogP contribution in [-0.4, -0.2) is 43.1 Å². The third kappa shape index (κ3) is 4.03.